The molecule has 2 aromatic heterocycles. The van der Waals surface area contributed by atoms with Crippen LogP contribution in [0.1, 0.15) is 99.2 Å². The molecule has 8 nitrogen and oxygen atoms in total. The standard InChI is InChI=1S/C34H47N3O5/c1-4-6-7-8-9-10-28(39)21-29(40)14-11-23-17-30(34(41)31(18-23)42-3)33(24-15-16-36-32(35)20-24)25(22-38)19-27-13-12-26(5-2)37-27/h12-13,15-18,20,25,33,37-38,41H,4-11,14,19,21-22H2,1-3H3,(H2,35,36). The third-order valence-electron chi connectivity index (χ3n) is 7.91. The average Bonchev–Trinajstić information content (AvgIpc) is 3.44. The first-order valence-electron chi connectivity index (χ1n) is 15.2. The lowest BCUT2D eigenvalue weighted by molar-refractivity contribution is -0.127. The number of aromatic amines is 1. The number of ketones is 2. The summed E-state index contributed by atoms with van der Waals surface area (Å²) in [7, 11) is 1.49. The molecule has 0 aliphatic carbocycles. The van der Waals surface area contributed by atoms with Gasteiger partial charge in [-0.05, 0) is 73.1 Å². The number of hydrogen-bond acceptors (Lipinski definition) is 7. The molecule has 0 aliphatic rings. The van der Waals surface area contributed by atoms with Gasteiger partial charge in [0.25, 0.3) is 0 Å². The molecule has 0 spiro atoms. The second-order valence-electron chi connectivity index (χ2n) is 11.2. The summed E-state index contributed by atoms with van der Waals surface area (Å²) in [5.41, 5.74) is 10.3. The van der Waals surface area contributed by atoms with Crippen LogP contribution in [0.4, 0.5) is 5.82 Å². The largest absolute Gasteiger partial charge is 0.504 e. The quantitative estimate of drug-likeness (QED) is 0.100. The van der Waals surface area contributed by atoms with Crippen LogP contribution < -0.4 is 10.5 Å². The minimum absolute atomic E-state index is 0.00264. The number of nitrogens with one attached hydrogen (secondary N) is 1. The van der Waals surface area contributed by atoms with Gasteiger partial charge in [-0.1, -0.05) is 45.6 Å². The smallest absolute Gasteiger partial charge is 0.161 e. The van der Waals surface area contributed by atoms with E-state index in [1.165, 1.54) is 13.5 Å². The van der Waals surface area contributed by atoms with Gasteiger partial charge >= 0.3 is 0 Å². The number of anilines is 1. The number of aromatic hydroxyl groups is 1. The molecule has 2 unspecified atom stereocenters. The summed E-state index contributed by atoms with van der Waals surface area (Å²) < 4.78 is 5.53. The van der Waals surface area contributed by atoms with Gasteiger partial charge in [0, 0.05) is 48.5 Å². The molecule has 0 radical (unpaired) electrons. The molecule has 3 rings (SSSR count). The number of unbranched alkanes of at least 4 members (excludes halogenated alkanes) is 4. The summed E-state index contributed by atoms with van der Waals surface area (Å²) in [4.78, 5) is 32.6. The van der Waals surface area contributed by atoms with Gasteiger partial charge in [-0.25, -0.2) is 4.98 Å². The number of nitrogens with zero attached hydrogens (tertiary/aromatic N) is 1. The van der Waals surface area contributed by atoms with Gasteiger partial charge in [0.05, 0.1) is 13.5 Å². The molecule has 0 fully saturated rings. The van der Waals surface area contributed by atoms with E-state index in [9.17, 15) is 19.8 Å². The Morgan fingerprint density at radius 3 is 2.40 bits per heavy atom. The molecule has 228 valence electrons. The van der Waals surface area contributed by atoms with E-state index in [4.69, 9.17) is 10.5 Å². The minimum Gasteiger partial charge on any atom is -0.504 e. The zero-order valence-corrected chi connectivity index (χ0v) is 25.3. The van der Waals surface area contributed by atoms with Crippen molar-refractivity contribution in [3.05, 3.63) is 70.7 Å². The molecule has 42 heavy (non-hydrogen) atoms. The van der Waals surface area contributed by atoms with Crippen LogP contribution in [0.5, 0.6) is 11.5 Å². The maximum absolute atomic E-state index is 12.7. The van der Waals surface area contributed by atoms with Crippen LogP contribution in [0.2, 0.25) is 0 Å². The fraction of sp³-hybridized carbons (Fsp3) is 0.500. The molecule has 2 heterocycles. The van der Waals surface area contributed by atoms with Gasteiger partial charge in [-0.2, -0.15) is 0 Å². The number of aliphatic hydroxyl groups is 1. The van der Waals surface area contributed by atoms with Gasteiger partial charge < -0.3 is 25.7 Å². The number of hydrogen-bond donors (Lipinski definition) is 4. The van der Waals surface area contributed by atoms with Crippen molar-refractivity contribution < 1.29 is 24.5 Å². The highest BCUT2D eigenvalue weighted by Crippen LogP contribution is 2.43. The number of phenolic OH excluding ortho intramolecular Hbond substituents is 1. The van der Waals surface area contributed by atoms with Crippen molar-refractivity contribution in [1.82, 2.24) is 9.97 Å². The van der Waals surface area contributed by atoms with Crippen molar-refractivity contribution in [2.45, 2.75) is 90.4 Å². The second kappa shape index (κ2) is 16.7. The molecule has 0 bridgehead atoms. The van der Waals surface area contributed by atoms with Crippen molar-refractivity contribution in [3.63, 3.8) is 0 Å². The van der Waals surface area contributed by atoms with Gasteiger partial charge in [-0.3, -0.25) is 9.59 Å². The SMILES string of the molecule is CCCCCCCC(=O)CC(=O)CCc1cc(OC)c(O)c(C(c2ccnc(N)c2)C(CO)Cc2ccc(CC)[nH]2)c1. The van der Waals surface area contributed by atoms with Crippen LogP contribution in [-0.4, -0.2) is 45.5 Å². The van der Waals surface area contributed by atoms with Gasteiger partial charge in [0.2, 0.25) is 0 Å². The molecular formula is C34H47N3O5. The molecule has 0 amide bonds. The van der Waals surface area contributed by atoms with Crippen LogP contribution in [0.15, 0.2) is 42.6 Å². The summed E-state index contributed by atoms with van der Waals surface area (Å²) in [6.45, 7) is 4.09. The summed E-state index contributed by atoms with van der Waals surface area (Å²) in [6, 6.07) is 11.3. The molecule has 3 aromatic rings. The van der Waals surface area contributed by atoms with Crippen LogP contribution in [0.25, 0.3) is 0 Å². The number of carbonyl (C=O) groups is 2. The van der Waals surface area contributed by atoms with Crippen molar-refractivity contribution in [3.8, 4) is 11.5 Å². The molecule has 1 aromatic carbocycles. The monoisotopic (exact) mass is 577 g/mol. The maximum Gasteiger partial charge on any atom is 0.161 e. The van der Waals surface area contributed by atoms with Gasteiger partial charge in [-0.15, -0.1) is 0 Å². The summed E-state index contributed by atoms with van der Waals surface area (Å²) in [5, 5.41) is 21.9. The topological polar surface area (TPSA) is 139 Å². The maximum atomic E-state index is 12.7. The molecule has 0 saturated heterocycles. The number of aromatic nitrogens is 2. The van der Waals surface area contributed by atoms with E-state index in [1.54, 1.807) is 18.3 Å². The first-order valence-corrected chi connectivity index (χ1v) is 15.2. The Morgan fingerprint density at radius 2 is 1.74 bits per heavy atom. The highest BCUT2D eigenvalue weighted by molar-refractivity contribution is 5.99. The Balaban J connectivity index is 1.85. The second-order valence-corrected chi connectivity index (χ2v) is 11.2. The lowest BCUT2D eigenvalue weighted by Crippen LogP contribution is -2.22. The fourth-order valence-corrected chi connectivity index (χ4v) is 5.58. The number of pyridine rings is 1. The number of nitrogen functional groups attached to an aromatic ring is 1. The number of aryl methyl sites for hydroxylation is 2. The highest BCUT2D eigenvalue weighted by Gasteiger charge is 2.30. The number of H-pyrrole nitrogens is 1. The first kappa shape index (κ1) is 32.9. The summed E-state index contributed by atoms with van der Waals surface area (Å²) >= 11 is 0. The predicted molar refractivity (Wildman–Crippen MR) is 166 cm³/mol. The number of carbonyl (C=O) groups excluding carboxylic acids is 2. The van der Waals surface area contributed by atoms with Crippen LogP contribution in [0.3, 0.4) is 0 Å². The third-order valence-corrected chi connectivity index (χ3v) is 7.91. The van der Waals surface area contributed by atoms with Gasteiger partial charge in [0.15, 0.2) is 11.5 Å². The summed E-state index contributed by atoms with van der Waals surface area (Å²) in [5.74, 6) is -0.236. The number of ether oxygens (including phenoxy) is 1. The van der Waals surface area contributed by atoms with Crippen LogP contribution in [0, 0.1) is 5.92 Å². The fourth-order valence-electron chi connectivity index (χ4n) is 5.58. The van der Waals surface area contributed by atoms with Gasteiger partial charge in [0.1, 0.15) is 17.4 Å². The van der Waals surface area contributed by atoms with E-state index < -0.39 is 5.92 Å². The Morgan fingerprint density at radius 1 is 1.00 bits per heavy atom. The van der Waals surface area contributed by atoms with Crippen LogP contribution >= 0.6 is 0 Å². The lowest BCUT2D eigenvalue weighted by atomic mass is 9.78. The molecule has 0 aliphatic heterocycles. The number of phenols is 1. The van der Waals surface area contributed by atoms with Crippen molar-refractivity contribution in [2.24, 2.45) is 5.92 Å². The molecule has 2 atom stereocenters. The van der Waals surface area contributed by atoms with Crippen molar-refractivity contribution in [2.75, 3.05) is 19.5 Å². The number of aliphatic hydroxyl groups excluding tert-OH is 1. The number of nitrogens with two attached hydrogens (primary N) is 1. The molecular weight excluding hydrogens is 530 g/mol. The Bertz CT molecular complexity index is 1300. The van der Waals surface area contributed by atoms with Crippen molar-refractivity contribution >= 4 is 17.4 Å². The number of benzene rings is 1. The predicted octanol–water partition coefficient (Wildman–Crippen LogP) is 6.07. The Hall–Kier alpha value is -3.65. The van der Waals surface area contributed by atoms with E-state index in [1.807, 2.05) is 24.3 Å². The zero-order valence-electron chi connectivity index (χ0n) is 25.3. The minimum atomic E-state index is -0.437. The molecule has 8 heteroatoms. The first-order chi connectivity index (χ1) is 20.3. The summed E-state index contributed by atoms with van der Waals surface area (Å²) in [6.07, 6.45) is 9.35. The highest BCUT2D eigenvalue weighted by atomic mass is 16.5. The number of rotatable bonds is 19. The number of Topliss-reactive ketones (excluding diaryl/α,β-unsaturated/α-hetero) is 2. The van der Waals surface area contributed by atoms with E-state index >= 15 is 0 Å². The number of methoxy groups -OCH3 is 1. The average molecular weight is 578 g/mol. The Labute approximate surface area is 249 Å². The van der Waals surface area contributed by atoms with E-state index in [0.717, 1.165) is 54.6 Å². The molecule has 0 saturated carbocycles. The van der Waals surface area contributed by atoms with E-state index in [-0.39, 0.29) is 48.4 Å². The van der Waals surface area contributed by atoms with E-state index in [0.29, 0.717) is 30.6 Å². The van der Waals surface area contributed by atoms with Crippen LogP contribution in [-0.2, 0) is 28.9 Å². The van der Waals surface area contributed by atoms with E-state index in [2.05, 4.69) is 23.8 Å². The molecule has 5 N–H and O–H groups in total. The normalized spacial score (nSPS) is 12.7. The van der Waals surface area contributed by atoms with Crippen molar-refractivity contribution in [1.29, 1.82) is 0 Å². The third kappa shape index (κ3) is 9.44. The lowest BCUT2D eigenvalue weighted by Gasteiger charge is -2.28. The Kier molecular flexibility index (Phi) is 13.1. The zero-order chi connectivity index (χ0) is 30.5.